The maximum Gasteiger partial charge on any atom is 0.319 e. The van der Waals surface area contributed by atoms with E-state index in [1.165, 1.54) is 18.4 Å². The molecule has 0 radical (unpaired) electrons. The van der Waals surface area contributed by atoms with Gasteiger partial charge in [0.1, 0.15) is 0 Å². The van der Waals surface area contributed by atoms with E-state index in [0.717, 1.165) is 0 Å². The van der Waals surface area contributed by atoms with Crippen LogP contribution in [0.1, 0.15) is 34.8 Å². The van der Waals surface area contributed by atoms with Crippen LogP contribution in [0, 0.1) is 0 Å². The smallest absolute Gasteiger partial charge is 0.319 e. The molecule has 0 saturated heterocycles. The van der Waals surface area contributed by atoms with Crippen molar-refractivity contribution in [1.29, 1.82) is 0 Å². The van der Waals surface area contributed by atoms with Crippen molar-refractivity contribution in [1.82, 2.24) is 5.32 Å². The van der Waals surface area contributed by atoms with Gasteiger partial charge in [-0.05, 0) is 68.4 Å². The summed E-state index contributed by atoms with van der Waals surface area (Å²) in [6, 6.07) is 13.9. The first-order valence-corrected chi connectivity index (χ1v) is 9.83. The van der Waals surface area contributed by atoms with Gasteiger partial charge in [0.05, 0.1) is 17.6 Å². The third-order valence-corrected chi connectivity index (χ3v) is 4.28. The zero-order chi connectivity index (χ0) is 22.4. The molecule has 0 saturated carbocycles. The monoisotopic (exact) mass is 440 g/mol. The largest absolute Gasteiger partial charge is 0.459 e. The maximum atomic E-state index is 12.7. The van der Waals surface area contributed by atoms with Gasteiger partial charge in [-0.25, -0.2) is 4.79 Å². The number of halogens is 1. The van der Waals surface area contributed by atoms with E-state index >= 15 is 0 Å². The summed E-state index contributed by atoms with van der Waals surface area (Å²) in [6.07, 6.45) is 1.39. The number of anilines is 3. The molecule has 0 unspecified atom stereocenters. The van der Waals surface area contributed by atoms with Crippen LogP contribution in [-0.4, -0.2) is 23.9 Å². The van der Waals surface area contributed by atoms with E-state index in [1.54, 1.807) is 42.5 Å². The summed E-state index contributed by atoms with van der Waals surface area (Å²) in [4.78, 5) is 36.7. The van der Waals surface area contributed by atoms with E-state index in [0.29, 0.717) is 27.6 Å². The van der Waals surface area contributed by atoms with E-state index < -0.39 is 11.8 Å². The lowest BCUT2D eigenvalue weighted by Gasteiger charge is -2.13. The molecular weight excluding hydrogens is 420 g/mol. The summed E-state index contributed by atoms with van der Waals surface area (Å²) in [7, 11) is 0. The number of carbonyl (C=O) groups excluding carboxylic acids is 3. The fraction of sp³-hybridized carbons (Fsp3) is 0.136. The third-order valence-electron chi connectivity index (χ3n) is 4.05. The highest BCUT2D eigenvalue weighted by molar-refractivity contribution is 6.31. The molecule has 0 aliphatic heterocycles. The molecular formula is C22H21ClN4O4. The van der Waals surface area contributed by atoms with Gasteiger partial charge in [-0.2, -0.15) is 0 Å². The van der Waals surface area contributed by atoms with Crippen molar-refractivity contribution in [2.45, 2.75) is 19.9 Å². The minimum atomic E-state index is -0.474. The number of hydrogen-bond donors (Lipinski definition) is 4. The number of benzene rings is 2. The van der Waals surface area contributed by atoms with Gasteiger partial charge in [-0.3, -0.25) is 9.59 Å². The van der Waals surface area contributed by atoms with Crippen molar-refractivity contribution in [3.63, 3.8) is 0 Å². The van der Waals surface area contributed by atoms with Gasteiger partial charge >= 0.3 is 6.03 Å². The molecule has 0 aliphatic rings. The highest BCUT2D eigenvalue weighted by Gasteiger charge is 2.15. The minimum Gasteiger partial charge on any atom is -0.459 e. The molecule has 0 bridgehead atoms. The Morgan fingerprint density at radius 2 is 1.58 bits per heavy atom. The lowest BCUT2D eigenvalue weighted by atomic mass is 10.1. The number of carbonyl (C=O) groups is 3. The van der Waals surface area contributed by atoms with Gasteiger partial charge in [-0.15, -0.1) is 0 Å². The number of urea groups is 1. The molecule has 0 fully saturated rings. The van der Waals surface area contributed by atoms with Crippen LogP contribution >= 0.6 is 11.6 Å². The molecule has 0 atom stereocenters. The third kappa shape index (κ3) is 6.10. The van der Waals surface area contributed by atoms with E-state index in [1.807, 2.05) is 13.8 Å². The fourth-order valence-electron chi connectivity index (χ4n) is 2.65. The molecule has 3 rings (SSSR count). The Morgan fingerprint density at radius 1 is 0.871 bits per heavy atom. The summed E-state index contributed by atoms with van der Waals surface area (Å²) in [5.74, 6) is -0.742. The molecule has 8 nitrogen and oxygen atoms in total. The Hall–Kier alpha value is -3.78. The van der Waals surface area contributed by atoms with Crippen LogP contribution in [0.15, 0.2) is 65.3 Å². The summed E-state index contributed by atoms with van der Waals surface area (Å²) in [6.45, 7) is 3.71. The number of furan rings is 1. The molecule has 1 heterocycles. The SMILES string of the molecule is CC(C)NC(=O)Nc1ccc(C(=O)Nc2ccc(Cl)cc2NC(=O)c2ccco2)cc1. The average molecular weight is 441 g/mol. The van der Waals surface area contributed by atoms with Crippen LogP contribution in [0.5, 0.6) is 0 Å². The van der Waals surface area contributed by atoms with Gasteiger partial charge in [-0.1, -0.05) is 11.6 Å². The van der Waals surface area contributed by atoms with Crippen LogP contribution in [-0.2, 0) is 0 Å². The average Bonchev–Trinajstić information content (AvgIpc) is 3.25. The molecule has 9 heteroatoms. The van der Waals surface area contributed by atoms with Crippen molar-refractivity contribution in [3.8, 4) is 0 Å². The van der Waals surface area contributed by atoms with Crippen molar-refractivity contribution < 1.29 is 18.8 Å². The molecule has 1 aromatic heterocycles. The van der Waals surface area contributed by atoms with E-state index in [9.17, 15) is 14.4 Å². The topological polar surface area (TPSA) is 112 Å². The normalized spacial score (nSPS) is 10.5. The second-order valence-corrected chi connectivity index (χ2v) is 7.34. The van der Waals surface area contributed by atoms with Crippen LogP contribution in [0.4, 0.5) is 21.9 Å². The van der Waals surface area contributed by atoms with Gasteiger partial charge in [0.15, 0.2) is 5.76 Å². The molecule has 2 aromatic carbocycles. The first kappa shape index (κ1) is 21.9. The highest BCUT2D eigenvalue weighted by Crippen LogP contribution is 2.27. The van der Waals surface area contributed by atoms with Crippen LogP contribution in [0.2, 0.25) is 5.02 Å². The Labute approximate surface area is 184 Å². The van der Waals surface area contributed by atoms with Crippen molar-refractivity contribution in [2.75, 3.05) is 16.0 Å². The Morgan fingerprint density at radius 3 is 2.23 bits per heavy atom. The summed E-state index contributed by atoms with van der Waals surface area (Å²) in [5.41, 5.74) is 1.61. The fourth-order valence-corrected chi connectivity index (χ4v) is 2.82. The molecule has 0 spiro atoms. The molecule has 160 valence electrons. The summed E-state index contributed by atoms with van der Waals surface area (Å²) < 4.78 is 5.08. The van der Waals surface area contributed by atoms with Gasteiger partial charge in [0.25, 0.3) is 11.8 Å². The predicted molar refractivity (Wildman–Crippen MR) is 120 cm³/mol. The van der Waals surface area contributed by atoms with E-state index in [2.05, 4.69) is 21.3 Å². The molecule has 31 heavy (non-hydrogen) atoms. The van der Waals surface area contributed by atoms with Gasteiger partial charge in [0, 0.05) is 22.3 Å². The Bertz CT molecular complexity index is 1080. The molecule has 4 amide bonds. The molecule has 0 aliphatic carbocycles. The predicted octanol–water partition coefficient (Wildman–Crippen LogP) is 4.97. The maximum absolute atomic E-state index is 12.7. The van der Waals surface area contributed by atoms with E-state index in [-0.39, 0.29) is 17.8 Å². The quantitative estimate of drug-likeness (QED) is 0.433. The second kappa shape index (κ2) is 9.82. The number of rotatable bonds is 6. The zero-order valence-corrected chi connectivity index (χ0v) is 17.6. The lowest BCUT2D eigenvalue weighted by Crippen LogP contribution is -2.34. The molecule has 4 N–H and O–H groups in total. The van der Waals surface area contributed by atoms with Crippen molar-refractivity contribution in [2.24, 2.45) is 0 Å². The van der Waals surface area contributed by atoms with Crippen LogP contribution < -0.4 is 21.3 Å². The number of hydrogen-bond acceptors (Lipinski definition) is 4. The summed E-state index contributed by atoms with van der Waals surface area (Å²) in [5, 5.41) is 11.2. The first-order valence-electron chi connectivity index (χ1n) is 9.45. The Balaban J connectivity index is 1.70. The zero-order valence-electron chi connectivity index (χ0n) is 16.9. The second-order valence-electron chi connectivity index (χ2n) is 6.91. The van der Waals surface area contributed by atoms with Gasteiger partial charge < -0.3 is 25.7 Å². The van der Waals surface area contributed by atoms with Crippen LogP contribution in [0.25, 0.3) is 0 Å². The molecule has 3 aromatic rings. The lowest BCUT2D eigenvalue weighted by molar-refractivity contribution is 0.0993. The minimum absolute atomic E-state index is 0.00639. The Kier molecular flexibility index (Phi) is 6.94. The number of nitrogens with one attached hydrogen (secondary N) is 4. The standard InChI is InChI=1S/C22H21ClN4O4/c1-13(2)24-22(30)25-16-8-5-14(6-9-16)20(28)26-17-10-7-15(23)12-18(17)27-21(29)19-4-3-11-31-19/h3-13H,1-2H3,(H,26,28)(H,27,29)(H2,24,25,30). The first-order chi connectivity index (χ1) is 14.8. The highest BCUT2D eigenvalue weighted by atomic mass is 35.5. The van der Waals surface area contributed by atoms with Crippen LogP contribution in [0.3, 0.4) is 0 Å². The summed E-state index contributed by atoms with van der Waals surface area (Å²) >= 11 is 6.04. The van der Waals surface area contributed by atoms with Crippen molar-refractivity contribution in [3.05, 3.63) is 77.2 Å². The van der Waals surface area contributed by atoms with Gasteiger partial charge in [0.2, 0.25) is 0 Å². The van der Waals surface area contributed by atoms with Crippen molar-refractivity contribution >= 4 is 46.5 Å². The number of amides is 4. The van der Waals surface area contributed by atoms with E-state index in [4.69, 9.17) is 16.0 Å².